The maximum Gasteiger partial charge on any atom is 0.228 e. The Hall–Kier alpha value is -4.50. The van der Waals surface area contributed by atoms with Crippen molar-refractivity contribution in [1.29, 1.82) is 0 Å². The van der Waals surface area contributed by atoms with E-state index < -0.39 is 17.1 Å². The number of hydrogen-bond acceptors (Lipinski definition) is 6. The zero-order valence-corrected chi connectivity index (χ0v) is 21.4. The first-order valence-electron chi connectivity index (χ1n) is 12.7. The van der Waals surface area contributed by atoms with Crippen LogP contribution >= 0.6 is 0 Å². The second-order valence-electron chi connectivity index (χ2n) is 9.68. The molecule has 0 aliphatic carbocycles. The van der Waals surface area contributed by atoms with E-state index in [1.54, 1.807) is 25.6 Å². The minimum atomic E-state index is -0.971. The number of ether oxygens (including phenoxy) is 3. The third-order valence-electron chi connectivity index (χ3n) is 7.46. The summed E-state index contributed by atoms with van der Waals surface area (Å²) in [4.78, 5) is 21.3. The summed E-state index contributed by atoms with van der Waals surface area (Å²) < 4.78 is 33.3. The Labute approximate surface area is 224 Å². The Balaban J connectivity index is 1.33. The number of imidazole rings is 1. The lowest BCUT2D eigenvalue weighted by atomic mass is 9.73. The monoisotopic (exact) mass is 526 g/mol. The van der Waals surface area contributed by atoms with Crippen molar-refractivity contribution < 1.29 is 23.4 Å². The van der Waals surface area contributed by atoms with Crippen LogP contribution in [0.5, 0.6) is 11.6 Å². The van der Waals surface area contributed by atoms with Gasteiger partial charge in [0.1, 0.15) is 23.8 Å². The van der Waals surface area contributed by atoms with Crippen molar-refractivity contribution in [2.24, 2.45) is 5.73 Å². The number of halogens is 1. The number of amides is 1. The third-order valence-corrected chi connectivity index (χ3v) is 7.46. The molecule has 6 rings (SSSR count). The average Bonchev–Trinajstić information content (AvgIpc) is 3.45. The van der Waals surface area contributed by atoms with Gasteiger partial charge in [-0.3, -0.25) is 9.20 Å². The second kappa shape index (κ2) is 9.99. The predicted octanol–water partition coefficient (Wildman–Crippen LogP) is 4.81. The fraction of sp³-hybridized carbons (Fsp3) is 0.233. The molecule has 0 saturated carbocycles. The highest BCUT2D eigenvalue weighted by atomic mass is 19.1. The molecule has 1 fully saturated rings. The van der Waals surface area contributed by atoms with Gasteiger partial charge in [0.05, 0.1) is 18.0 Å². The Morgan fingerprint density at radius 2 is 1.95 bits per heavy atom. The predicted molar refractivity (Wildman–Crippen MR) is 144 cm³/mol. The summed E-state index contributed by atoms with van der Waals surface area (Å²) in [6.07, 6.45) is 6.26. The van der Waals surface area contributed by atoms with Crippen LogP contribution in [0.2, 0.25) is 0 Å². The van der Waals surface area contributed by atoms with Crippen LogP contribution in [0, 0.1) is 5.82 Å². The quantitative estimate of drug-likeness (QED) is 0.327. The highest BCUT2D eigenvalue weighted by molar-refractivity contribution is 5.97. The van der Waals surface area contributed by atoms with Crippen molar-refractivity contribution >= 4 is 22.5 Å². The number of hydrogen-bond donors (Lipinski definition) is 1. The van der Waals surface area contributed by atoms with E-state index in [0.29, 0.717) is 43.2 Å². The van der Waals surface area contributed by atoms with Gasteiger partial charge in [-0.2, -0.15) is 0 Å². The number of carbonyl (C=O) groups excluding carboxylic acids is 1. The van der Waals surface area contributed by atoms with E-state index in [1.165, 1.54) is 12.1 Å². The molecule has 1 amide bonds. The molecule has 5 aromatic rings. The Kier molecular flexibility index (Phi) is 6.36. The van der Waals surface area contributed by atoms with Gasteiger partial charge in [-0.25, -0.2) is 14.4 Å². The van der Waals surface area contributed by atoms with Crippen LogP contribution in [0.4, 0.5) is 4.39 Å². The van der Waals surface area contributed by atoms with E-state index >= 15 is 0 Å². The van der Waals surface area contributed by atoms with Gasteiger partial charge in [0, 0.05) is 54.9 Å². The van der Waals surface area contributed by atoms with Crippen LogP contribution in [0.15, 0.2) is 73.2 Å². The fourth-order valence-corrected chi connectivity index (χ4v) is 5.31. The molecule has 8 nitrogen and oxygen atoms in total. The van der Waals surface area contributed by atoms with Gasteiger partial charge < -0.3 is 19.9 Å². The molecule has 39 heavy (non-hydrogen) atoms. The molecular formula is C30H27FN4O4. The normalized spacial score (nSPS) is 14.9. The summed E-state index contributed by atoms with van der Waals surface area (Å²) in [5.74, 6) is -0.0819. The highest BCUT2D eigenvalue weighted by Crippen LogP contribution is 2.37. The molecule has 4 heterocycles. The Morgan fingerprint density at radius 1 is 1.10 bits per heavy atom. The van der Waals surface area contributed by atoms with Crippen LogP contribution < -0.4 is 15.2 Å². The summed E-state index contributed by atoms with van der Waals surface area (Å²) in [6, 6.07) is 16.3. The van der Waals surface area contributed by atoms with Gasteiger partial charge in [0.25, 0.3) is 0 Å². The zero-order chi connectivity index (χ0) is 27.0. The number of rotatable bonds is 7. The first-order valence-corrected chi connectivity index (χ1v) is 12.7. The van der Waals surface area contributed by atoms with E-state index in [2.05, 4.69) is 9.97 Å². The summed E-state index contributed by atoms with van der Waals surface area (Å²) in [5, 5.41) is 1.02. The van der Waals surface area contributed by atoms with Crippen molar-refractivity contribution in [2.75, 3.05) is 20.3 Å². The van der Waals surface area contributed by atoms with E-state index in [0.717, 1.165) is 33.2 Å². The van der Waals surface area contributed by atoms with Crippen LogP contribution in [0.1, 0.15) is 24.0 Å². The smallest absolute Gasteiger partial charge is 0.228 e. The van der Waals surface area contributed by atoms with Crippen molar-refractivity contribution in [1.82, 2.24) is 14.4 Å². The number of primary amides is 1. The molecule has 2 aromatic carbocycles. The molecule has 1 saturated heterocycles. The number of benzene rings is 2. The minimum absolute atomic E-state index is 0.204. The molecule has 0 atom stereocenters. The first kappa shape index (κ1) is 24.8. The molecule has 198 valence electrons. The standard InChI is InChI=1S/C30H27FN4O4/c1-37-28-5-3-20(17-34-28)25-16-27-33-8-9-35(27)26-12-19(2-4-24(25)26)18-39-23-14-21(13-22(31)15-23)30(29(32)36)6-10-38-11-7-30/h2-5,8-9,12-17H,6-7,10-11,18H2,1H3,(H2,32,36). The van der Waals surface area contributed by atoms with Crippen LogP contribution in [-0.2, 0) is 21.6 Å². The largest absolute Gasteiger partial charge is 0.489 e. The van der Waals surface area contributed by atoms with Crippen LogP contribution in [0.25, 0.3) is 27.7 Å². The highest BCUT2D eigenvalue weighted by Gasteiger charge is 2.40. The van der Waals surface area contributed by atoms with E-state index in [4.69, 9.17) is 19.9 Å². The van der Waals surface area contributed by atoms with Crippen molar-refractivity contribution in [3.63, 3.8) is 0 Å². The topological polar surface area (TPSA) is 101 Å². The van der Waals surface area contributed by atoms with Gasteiger partial charge in [0.2, 0.25) is 11.8 Å². The van der Waals surface area contributed by atoms with Gasteiger partial charge in [0.15, 0.2) is 0 Å². The number of carbonyl (C=O) groups is 1. The van der Waals surface area contributed by atoms with Crippen LogP contribution in [0.3, 0.4) is 0 Å². The number of pyridine rings is 2. The molecule has 1 aliphatic heterocycles. The molecule has 9 heteroatoms. The lowest BCUT2D eigenvalue weighted by Gasteiger charge is -2.34. The van der Waals surface area contributed by atoms with Gasteiger partial charge >= 0.3 is 0 Å². The maximum atomic E-state index is 14.7. The molecule has 0 unspecified atom stereocenters. The molecule has 0 radical (unpaired) electrons. The Bertz CT molecular complexity index is 1680. The summed E-state index contributed by atoms with van der Waals surface area (Å²) >= 11 is 0. The lowest BCUT2D eigenvalue weighted by Crippen LogP contribution is -2.45. The molecular weight excluding hydrogens is 499 g/mol. The Morgan fingerprint density at radius 3 is 2.69 bits per heavy atom. The summed E-state index contributed by atoms with van der Waals surface area (Å²) in [5.41, 5.74) is 9.91. The molecule has 0 bridgehead atoms. The number of methoxy groups -OCH3 is 1. The van der Waals surface area contributed by atoms with Gasteiger partial charge in [-0.1, -0.05) is 12.1 Å². The van der Waals surface area contributed by atoms with Gasteiger partial charge in [-0.15, -0.1) is 0 Å². The number of aromatic nitrogens is 3. The van der Waals surface area contributed by atoms with E-state index in [1.807, 2.05) is 47.0 Å². The van der Waals surface area contributed by atoms with E-state index in [-0.39, 0.29) is 6.61 Å². The zero-order valence-electron chi connectivity index (χ0n) is 21.4. The average molecular weight is 527 g/mol. The van der Waals surface area contributed by atoms with Crippen molar-refractivity contribution in [3.05, 3.63) is 90.1 Å². The molecule has 3 aromatic heterocycles. The summed E-state index contributed by atoms with van der Waals surface area (Å²) in [6.45, 7) is 0.990. The molecule has 1 aliphatic rings. The number of nitrogens with zero attached hydrogens (tertiary/aromatic N) is 3. The summed E-state index contributed by atoms with van der Waals surface area (Å²) in [7, 11) is 1.59. The lowest BCUT2D eigenvalue weighted by molar-refractivity contribution is -0.127. The first-order chi connectivity index (χ1) is 19.0. The maximum absolute atomic E-state index is 14.7. The molecule has 0 spiro atoms. The van der Waals surface area contributed by atoms with Gasteiger partial charge in [-0.05, 0) is 59.9 Å². The fourth-order valence-electron chi connectivity index (χ4n) is 5.31. The van der Waals surface area contributed by atoms with Crippen LogP contribution in [-0.4, -0.2) is 40.6 Å². The van der Waals surface area contributed by atoms with Crippen molar-refractivity contribution in [2.45, 2.75) is 24.9 Å². The SMILES string of the molecule is COc1ccc(-c2cc3nccn3c3cc(COc4cc(F)cc(C5(C(N)=O)CCOCC5)c4)ccc23)cn1. The van der Waals surface area contributed by atoms with E-state index in [9.17, 15) is 9.18 Å². The number of fused-ring (bicyclic) bond motifs is 3. The minimum Gasteiger partial charge on any atom is -0.489 e. The molecule has 2 N–H and O–H groups in total. The third kappa shape index (κ3) is 4.55. The second-order valence-corrected chi connectivity index (χ2v) is 9.68. The number of nitrogens with two attached hydrogens (primary N) is 1. The van der Waals surface area contributed by atoms with Crippen molar-refractivity contribution in [3.8, 4) is 22.8 Å².